The van der Waals surface area contributed by atoms with Crippen LogP contribution in [0.2, 0.25) is 0 Å². The molecule has 0 radical (unpaired) electrons. The molecule has 1 heterocycles. The number of pyridine rings is 1. The molecule has 5 heteroatoms. The van der Waals surface area contributed by atoms with Crippen molar-refractivity contribution in [2.75, 3.05) is 6.61 Å². The van der Waals surface area contributed by atoms with Crippen LogP contribution in [0, 0.1) is 0 Å². The highest BCUT2D eigenvalue weighted by Crippen LogP contribution is 2.20. The molecule has 3 nitrogen and oxygen atoms in total. The topological polar surface area (TPSA) is 48.1 Å². The van der Waals surface area contributed by atoms with Crippen molar-refractivity contribution < 1.29 is 13.5 Å². The van der Waals surface area contributed by atoms with Gasteiger partial charge in [0.25, 0.3) is 6.43 Å². The lowest BCUT2D eigenvalue weighted by molar-refractivity contribution is 0.0789. The van der Waals surface area contributed by atoms with Crippen LogP contribution in [0.15, 0.2) is 18.3 Å². The van der Waals surface area contributed by atoms with Gasteiger partial charge in [0.05, 0.1) is 0 Å². The molecule has 0 bridgehead atoms. The first-order valence-corrected chi connectivity index (χ1v) is 4.22. The number of nitrogens with two attached hydrogens (primary N) is 1. The van der Waals surface area contributed by atoms with E-state index in [9.17, 15) is 8.78 Å². The number of halogens is 2. The van der Waals surface area contributed by atoms with Crippen molar-refractivity contribution in [1.82, 2.24) is 4.98 Å². The molecule has 0 aromatic carbocycles. The zero-order valence-electron chi connectivity index (χ0n) is 7.78. The minimum Gasteiger partial charge on any atom is -0.471 e. The van der Waals surface area contributed by atoms with E-state index in [4.69, 9.17) is 10.5 Å². The third-order valence-electron chi connectivity index (χ3n) is 1.64. The maximum atomic E-state index is 11.9. The number of alkyl halides is 2. The molecule has 1 atom stereocenters. The van der Waals surface area contributed by atoms with Gasteiger partial charge in [0, 0.05) is 17.8 Å². The molecule has 1 aromatic rings. The summed E-state index contributed by atoms with van der Waals surface area (Å²) in [5.74, 6) is 0.183. The summed E-state index contributed by atoms with van der Waals surface area (Å²) < 4.78 is 28.6. The molecule has 0 amide bonds. The van der Waals surface area contributed by atoms with Crippen LogP contribution in [0.4, 0.5) is 8.78 Å². The van der Waals surface area contributed by atoms with Gasteiger partial charge in [0.15, 0.2) is 6.61 Å². The fraction of sp³-hybridized carbons (Fsp3) is 0.444. The van der Waals surface area contributed by atoms with E-state index in [1.54, 1.807) is 19.1 Å². The van der Waals surface area contributed by atoms with Gasteiger partial charge in [-0.15, -0.1) is 0 Å². The van der Waals surface area contributed by atoms with Crippen molar-refractivity contribution in [3.63, 3.8) is 0 Å². The summed E-state index contributed by atoms with van der Waals surface area (Å²) >= 11 is 0. The number of hydrogen-bond acceptors (Lipinski definition) is 3. The van der Waals surface area contributed by atoms with E-state index in [1.165, 1.54) is 6.20 Å². The molecule has 14 heavy (non-hydrogen) atoms. The Kier molecular flexibility index (Phi) is 3.76. The summed E-state index contributed by atoms with van der Waals surface area (Å²) in [6.07, 6.45) is -1.02. The number of ether oxygens (including phenoxy) is 1. The number of nitrogens with zero attached hydrogens (tertiary/aromatic N) is 1. The SMILES string of the molecule is CC(N)c1cccnc1OCC(F)F. The summed E-state index contributed by atoms with van der Waals surface area (Å²) in [6.45, 7) is 1.09. The van der Waals surface area contributed by atoms with Crippen LogP contribution >= 0.6 is 0 Å². The van der Waals surface area contributed by atoms with Crippen LogP contribution in [0.25, 0.3) is 0 Å². The van der Waals surface area contributed by atoms with E-state index in [0.29, 0.717) is 5.56 Å². The first-order valence-electron chi connectivity index (χ1n) is 4.22. The summed E-state index contributed by atoms with van der Waals surface area (Å²) in [7, 11) is 0. The Balaban J connectivity index is 2.74. The van der Waals surface area contributed by atoms with Crippen molar-refractivity contribution in [3.8, 4) is 5.88 Å². The summed E-state index contributed by atoms with van der Waals surface area (Å²) in [6, 6.07) is 3.11. The molecule has 2 N–H and O–H groups in total. The van der Waals surface area contributed by atoms with Gasteiger partial charge in [-0.25, -0.2) is 13.8 Å². The van der Waals surface area contributed by atoms with E-state index >= 15 is 0 Å². The number of aromatic nitrogens is 1. The lowest BCUT2D eigenvalue weighted by Gasteiger charge is -2.11. The summed E-state index contributed by atoms with van der Waals surface area (Å²) in [5, 5.41) is 0. The average Bonchev–Trinajstić information content (AvgIpc) is 2.15. The lowest BCUT2D eigenvalue weighted by Crippen LogP contribution is -2.13. The molecule has 0 spiro atoms. The van der Waals surface area contributed by atoms with E-state index in [1.807, 2.05) is 0 Å². The van der Waals surface area contributed by atoms with Crippen LogP contribution in [0.1, 0.15) is 18.5 Å². The highest BCUT2D eigenvalue weighted by atomic mass is 19.3. The minimum absolute atomic E-state index is 0.183. The molecule has 1 unspecified atom stereocenters. The second-order valence-corrected chi connectivity index (χ2v) is 2.89. The Labute approximate surface area is 80.9 Å². The molecular formula is C9H12F2N2O. The molecule has 0 aliphatic carbocycles. The van der Waals surface area contributed by atoms with Crippen molar-refractivity contribution in [2.45, 2.75) is 19.4 Å². The van der Waals surface area contributed by atoms with Crippen molar-refractivity contribution in [1.29, 1.82) is 0 Å². The van der Waals surface area contributed by atoms with Crippen LogP contribution in [-0.2, 0) is 0 Å². The van der Waals surface area contributed by atoms with E-state index in [0.717, 1.165) is 0 Å². The Morgan fingerprint density at radius 1 is 1.57 bits per heavy atom. The maximum absolute atomic E-state index is 11.9. The van der Waals surface area contributed by atoms with Crippen LogP contribution < -0.4 is 10.5 Å². The second-order valence-electron chi connectivity index (χ2n) is 2.89. The number of rotatable bonds is 4. The van der Waals surface area contributed by atoms with Gasteiger partial charge < -0.3 is 10.5 Å². The van der Waals surface area contributed by atoms with Gasteiger partial charge in [-0.1, -0.05) is 6.07 Å². The smallest absolute Gasteiger partial charge is 0.272 e. The third kappa shape index (κ3) is 2.92. The Bertz CT molecular complexity index is 292. The molecule has 0 saturated heterocycles. The molecule has 1 aromatic heterocycles. The van der Waals surface area contributed by atoms with Gasteiger partial charge in [-0.05, 0) is 13.0 Å². The zero-order chi connectivity index (χ0) is 10.6. The largest absolute Gasteiger partial charge is 0.471 e. The van der Waals surface area contributed by atoms with E-state index in [-0.39, 0.29) is 11.9 Å². The van der Waals surface area contributed by atoms with Crippen LogP contribution in [0.5, 0.6) is 5.88 Å². The Morgan fingerprint density at radius 3 is 2.86 bits per heavy atom. The monoisotopic (exact) mass is 202 g/mol. The Morgan fingerprint density at radius 2 is 2.29 bits per heavy atom. The summed E-state index contributed by atoms with van der Waals surface area (Å²) in [4.78, 5) is 3.84. The third-order valence-corrected chi connectivity index (χ3v) is 1.64. The standard InChI is InChI=1S/C9H12F2N2O/c1-6(12)7-3-2-4-13-9(7)14-5-8(10)11/h2-4,6,8H,5,12H2,1H3. The fourth-order valence-corrected chi connectivity index (χ4v) is 1.01. The maximum Gasteiger partial charge on any atom is 0.272 e. The van der Waals surface area contributed by atoms with Crippen molar-refractivity contribution >= 4 is 0 Å². The zero-order valence-corrected chi connectivity index (χ0v) is 7.78. The van der Waals surface area contributed by atoms with Gasteiger partial charge in [-0.3, -0.25) is 0 Å². The predicted molar refractivity (Wildman–Crippen MR) is 48.3 cm³/mol. The van der Waals surface area contributed by atoms with Gasteiger partial charge in [0.1, 0.15) is 0 Å². The molecule has 0 aliphatic rings. The highest BCUT2D eigenvalue weighted by Gasteiger charge is 2.10. The predicted octanol–water partition coefficient (Wildman–Crippen LogP) is 1.75. The quantitative estimate of drug-likeness (QED) is 0.809. The second kappa shape index (κ2) is 4.85. The van der Waals surface area contributed by atoms with Crippen molar-refractivity contribution in [2.24, 2.45) is 5.73 Å². The molecular weight excluding hydrogens is 190 g/mol. The summed E-state index contributed by atoms with van der Waals surface area (Å²) in [5.41, 5.74) is 6.25. The van der Waals surface area contributed by atoms with Gasteiger partial charge in [-0.2, -0.15) is 0 Å². The van der Waals surface area contributed by atoms with Gasteiger partial charge in [0.2, 0.25) is 5.88 Å². The first-order chi connectivity index (χ1) is 6.61. The minimum atomic E-state index is -2.50. The van der Waals surface area contributed by atoms with Crippen molar-refractivity contribution in [3.05, 3.63) is 23.9 Å². The fourth-order valence-electron chi connectivity index (χ4n) is 1.01. The Hall–Kier alpha value is -1.23. The average molecular weight is 202 g/mol. The highest BCUT2D eigenvalue weighted by molar-refractivity contribution is 5.28. The van der Waals surface area contributed by atoms with Crippen LogP contribution in [-0.4, -0.2) is 18.0 Å². The molecule has 0 saturated carbocycles. The number of hydrogen-bond donors (Lipinski definition) is 1. The molecule has 0 aliphatic heterocycles. The van der Waals surface area contributed by atoms with E-state index in [2.05, 4.69) is 4.98 Å². The van der Waals surface area contributed by atoms with Gasteiger partial charge >= 0.3 is 0 Å². The molecule has 78 valence electrons. The molecule has 0 fully saturated rings. The first kappa shape index (κ1) is 10.8. The molecule has 1 rings (SSSR count). The van der Waals surface area contributed by atoms with Crippen LogP contribution in [0.3, 0.4) is 0 Å². The normalized spacial score (nSPS) is 12.9. The lowest BCUT2D eigenvalue weighted by atomic mass is 10.1. The van der Waals surface area contributed by atoms with E-state index < -0.39 is 13.0 Å².